The molecule has 0 aliphatic heterocycles. The highest BCUT2D eigenvalue weighted by atomic mass is 16.7. The van der Waals surface area contributed by atoms with Crippen LogP contribution < -0.4 is 5.73 Å². The van der Waals surface area contributed by atoms with Crippen molar-refractivity contribution in [1.82, 2.24) is 0 Å². The molecule has 1 aromatic carbocycles. The molecular formula is C6H5N3O4. The van der Waals surface area contributed by atoms with Gasteiger partial charge in [0.25, 0.3) is 0 Å². The first-order valence-electron chi connectivity index (χ1n) is 3.21. The van der Waals surface area contributed by atoms with Crippen LogP contribution in [0.1, 0.15) is 0 Å². The molecule has 7 nitrogen and oxygen atoms in total. The number of hydrogen-bond acceptors (Lipinski definition) is 5. The number of nitrogens with two attached hydrogens (primary N) is 1. The van der Waals surface area contributed by atoms with Gasteiger partial charge in [-0.25, -0.2) is 0 Å². The van der Waals surface area contributed by atoms with Gasteiger partial charge in [-0.1, -0.05) is 6.07 Å². The molecule has 2 N–H and O–H groups in total. The van der Waals surface area contributed by atoms with E-state index in [0.29, 0.717) is 0 Å². The summed E-state index contributed by atoms with van der Waals surface area (Å²) in [7, 11) is 0. The van der Waals surface area contributed by atoms with Crippen molar-refractivity contribution in [1.29, 1.82) is 0 Å². The van der Waals surface area contributed by atoms with Crippen LogP contribution in [0, 0.1) is 20.2 Å². The molecule has 1 rings (SSSR count). The van der Waals surface area contributed by atoms with Crippen LogP contribution in [0.25, 0.3) is 0 Å². The maximum atomic E-state index is 10.4. The van der Waals surface area contributed by atoms with Crippen molar-refractivity contribution in [2.45, 2.75) is 0 Å². The second kappa shape index (κ2) is 3.05. The summed E-state index contributed by atoms with van der Waals surface area (Å²) in [5, 5.41) is 20.7. The average molecular weight is 195 g/mol. The Hall–Kier alpha value is -2.18. The van der Waals surface area contributed by atoms with Gasteiger partial charge in [0.1, 0.15) is 5.69 Å². The highest BCUT2D eigenvalue weighted by molar-refractivity contribution is 5.68. The van der Waals surface area contributed by atoms with Crippen LogP contribution in [0.4, 0.5) is 17.1 Å². The molecule has 0 aromatic heterocycles. The van der Waals surface area contributed by atoms with E-state index in [-0.39, 0.29) is 5.69 Å². The lowest BCUT2D eigenvalue weighted by Gasteiger charge is -1.96. The van der Waals surface area contributed by atoms with Gasteiger partial charge in [0.15, 0.2) is 0 Å². The zero-order valence-electron chi connectivity index (χ0n) is 6.34. The van der Waals surface area contributed by atoms with Crippen molar-refractivity contribution in [3.63, 3.8) is 0 Å². The smallest absolute Gasteiger partial charge is 0.368 e. The molecule has 0 radical (unpaired) electrons. The normalized spacial score (nSPS) is 9.54. The van der Waals surface area contributed by atoms with E-state index in [9.17, 15) is 20.2 Å². The molecule has 0 saturated heterocycles. The number of nitro groups is 2. The first kappa shape index (κ1) is 8.91. The summed E-state index contributed by atoms with van der Waals surface area (Å²) in [4.78, 5) is 19.0. The maximum Gasteiger partial charge on any atom is 0.368 e. The van der Waals surface area contributed by atoms with Crippen LogP contribution in [-0.4, -0.2) is 9.85 Å². The molecule has 0 amide bonds. The summed E-state index contributed by atoms with van der Waals surface area (Å²) in [6, 6.07) is 3.57. The van der Waals surface area contributed by atoms with Gasteiger partial charge in [-0.05, 0) is 6.07 Å². The van der Waals surface area contributed by atoms with Crippen molar-refractivity contribution < 1.29 is 9.85 Å². The molecule has 7 heteroatoms. The number of para-hydroxylation sites is 1. The lowest BCUT2D eigenvalue weighted by Crippen LogP contribution is -2.00. The number of anilines is 1. The Bertz CT molecular complexity index is 376. The zero-order chi connectivity index (χ0) is 10.0. The number of hydrogen-bond donors (Lipinski definition) is 1. The van der Waals surface area contributed by atoms with Crippen molar-refractivity contribution in [2.24, 2.45) is 0 Å². The molecule has 0 aliphatic rings. The van der Waals surface area contributed by atoms with E-state index in [0.717, 1.165) is 6.07 Å². The monoisotopic (exact) mass is 195 g/mol. The molecule has 0 bridgehead atoms. The number of nitrogens with zero attached hydrogens (tertiary/aromatic N) is 2. The van der Waals surface area contributed by atoms with Crippen LogP contribution in [0.2, 0.25) is 0 Å². The fraction of sp³-hybridized carbons (Fsp3) is 0. The number of nitro benzene ring substituents is 2. The van der Waals surface area contributed by atoms with Gasteiger partial charge in [0, 0.05) is 6.07 Å². The minimum Gasteiger partial charge on any atom is -0.393 e. The molecule has 0 fully saturated rings. The number of rotatable bonds is 2. The van der Waals surface area contributed by atoms with E-state index in [1.807, 2.05) is 0 Å². The quantitative estimate of drug-likeness (QED) is 0.431. The summed E-state index contributed by atoms with van der Waals surface area (Å²) in [6.07, 6.45) is 0. The summed E-state index contributed by atoms with van der Waals surface area (Å²) >= 11 is 0. The predicted octanol–water partition coefficient (Wildman–Crippen LogP) is 1.09. The molecule has 1 aromatic rings. The van der Waals surface area contributed by atoms with Gasteiger partial charge >= 0.3 is 11.4 Å². The lowest BCUT2D eigenvalue weighted by atomic mass is 12.0. The van der Waals surface area contributed by atoms with E-state index in [1.165, 1.54) is 12.1 Å². The fourth-order valence-corrected chi connectivity index (χ4v) is 0.895. The van der Waals surface area contributed by atoms with Gasteiger partial charge < -0.3 is 5.73 Å². The molecule has 0 spiro atoms. The van der Waals surface area contributed by atoms with Gasteiger partial charge in [0.05, 0.1) is 9.85 Å². The standard InChI is InChI=1S/C6H5N3O4/c7-4-2-1-3-5(8(10)11)6(4)9(12)13/h1-3H,7H2/i1+2,2+2,3+2,4+2,5+2,6+2. The second-order valence-electron chi connectivity index (χ2n) is 2.23. The Kier molecular flexibility index (Phi) is 2.09. The molecule has 0 unspecified atom stereocenters. The zero-order valence-corrected chi connectivity index (χ0v) is 6.34. The highest BCUT2D eigenvalue weighted by Crippen LogP contribution is 2.31. The van der Waals surface area contributed by atoms with Crippen molar-refractivity contribution >= 4 is 17.1 Å². The molecule has 0 saturated carbocycles. The molecule has 13 heavy (non-hydrogen) atoms. The Morgan fingerprint density at radius 3 is 2.15 bits per heavy atom. The van der Waals surface area contributed by atoms with Gasteiger partial charge in [-0.2, -0.15) is 0 Å². The largest absolute Gasteiger partial charge is 0.393 e. The van der Waals surface area contributed by atoms with Crippen molar-refractivity contribution in [2.75, 3.05) is 5.73 Å². The third-order valence-corrected chi connectivity index (χ3v) is 1.43. The van der Waals surface area contributed by atoms with E-state index >= 15 is 0 Å². The minimum atomic E-state index is -0.868. The number of nitrogen functional groups attached to an aromatic ring is 1. The molecule has 0 aliphatic carbocycles. The predicted molar refractivity (Wildman–Crippen MR) is 44.2 cm³/mol. The Balaban J connectivity index is 3.43. The van der Waals surface area contributed by atoms with Crippen LogP contribution in [0.5, 0.6) is 0 Å². The summed E-state index contributed by atoms with van der Waals surface area (Å²) in [5.41, 5.74) is 3.75. The lowest BCUT2D eigenvalue weighted by molar-refractivity contribution is -0.421. The maximum absolute atomic E-state index is 10.4. The number of benzene rings is 1. The SMILES string of the molecule is N[14c]1[14cH][14cH][14cH][14c]([N+](=O)[O-])[14c]1[N+](=O)[O-]. The third-order valence-electron chi connectivity index (χ3n) is 1.43. The van der Waals surface area contributed by atoms with E-state index in [1.54, 1.807) is 0 Å². The van der Waals surface area contributed by atoms with Crippen LogP contribution in [-0.2, 0) is 0 Å². The summed E-state index contributed by atoms with van der Waals surface area (Å²) in [6.45, 7) is 0. The molecule has 0 atom stereocenters. The second-order valence-corrected chi connectivity index (χ2v) is 2.23. The Morgan fingerprint density at radius 1 is 1.15 bits per heavy atom. The Labute approximate surface area is 72.1 Å². The van der Waals surface area contributed by atoms with Gasteiger partial charge in [0.2, 0.25) is 0 Å². The van der Waals surface area contributed by atoms with Crippen molar-refractivity contribution in [3.8, 4) is 0 Å². The summed E-state index contributed by atoms with van der Waals surface area (Å²) < 4.78 is 0. The van der Waals surface area contributed by atoms with E-state index in [2.05, 4.69) is 0 Å². The first-order chi connectivity index (χ1) is 6.04. The summed E-state index contributed by atoms with van der Waals surface area (Å²) in [5.74, 6) is 0. The van der Waals surface area contributed by atoms with Crippen LogP contribution >= 0.6 is 0 Å². The third kappa shape index (κ3) is 1.53. The molecule has 68 valence electrons. The topological polar surface area (TPSA) is 112 Å². The van der Waals surface area contributed by atoms with E-state index < -0.39 is 21.2 Å². The van der Waals surface area contributed by atoms with E-state index in [4.69, 9.17) is 5.73 Å². The van der Waals surface area contributed by atoms with Gasteiger partial charge in [-0.15, -0.1) is 0 Å². The van der Waals surface area contributed by atoms with Crippen LogP contribution in [0.15, 0.2) is 18.2 Å². The minimum absolute atomic E-state index is 0.209. The highest BCUT2D eigenvalue weighted by Gasteiger charge is 2.26. The fourth-order valence-electron chi connectivity index (χ4n) is 0.895. The first-order valence-corrected chi connectivity index (χ1v) is 3.21. The molecule has 0 heterocycles. The van der Waals surface area contributed by atoms with Gasteiger partial charge in [-0.3, -0.25) is 20.2 Å². The van der Waals surface area contributed by atoms with Crippen LogP contribution in [0.3, 0.4) is 0 Å². The Morgan fingerprint density at radius 2 is 1.77 bits per heavy atom. The van der Waals surface area contributed by atoms with Crippen molar-refractivity contribution in [3.05, 3.63) is 38.4 Å². The average Bonchev–Trinajstić information content (AvgIpc) is 2.02. The molecular weight excluding hydrogens is 190 g/mol.